The molecule has 0 saturated carbocycles. The fourth-order valence-electron chi connectivity index (χ4n) is 1.71. The molecule has 1 unspecified atom stereocenters. The summed E-state index contributed by atoms with van der Waals surface area (Å²) >= 11 is 5.81. The molecule has 0 saturated heterocycles. The van der Waals surface area contributed by atoms with Gasteiger partial charge in [0.2, 0.25) is 0 Å². The zero-order valence-corrected chi connectivity index (χ0v) is 7.06. The van der Waals surface area contributed by atoms with E-state index in [9.17, 15) is 4.79 Å². The number of nitrogens with one attached hydrogen (secondary N) is 1. The molecule has 1 aromatic heterocycles. The summed E-state index contributed by atoms with van der Waals surface area (Å²) in [5.41, 5.74) is 1.83. The first-order valence-electron chi connectivity index (χ1n) is 3.78. The van der Waals surface area contributed by atoms with Crippen molar-refractivity contribution in [2.45, 2.75) is 18.8 Å². The number of carboxylic acid groups (broad SMARTS) is 1. The fourth-order valence-corrected chi connectivity index (χ4v) is 1.97. The number of rotatable bonds is 1. The summed E-state index contributed by atoms with van der Waals surface area (Å²) in [5.74, 6) is -1.12. The first-order chi connectivity index (χ1) is 5.70. The molecule has 1 aliphatic rings. The van der Waals surface area contributed by atoms with Gasteiger partial charge in [-0.05, 0) is 24.0 Å². The van der Waals surface area contributed by atoms with Crippen molar-refractivity contribution in [1.29, 1.82) is 0 Å². The van der Waals surface area contributed by atoms with Crippen LogP contribution >= 0.6 is 11.6 Å². The van der Waals surface area contributed by atoms with Gasteiger partial charge in [-0.1, -0.05) is 11.6 Å². The van der Waals surface area contributed by atoms with E-state index in [0.717, 1.165) is 17.5 Å². The van der Waals surface area contributed by atoms with Crippen LogP contribution in [0.15, 0.2) is 6.20 Å². The highest BCUT2D eigenvalue weighted by Gasteiger charge is 2.30. The van der Waals surface area contributed by atoms with Gasteiger partial charge in [-0.3, -0.25) is 4.79 Å². The summed E-state index contributed by atoms with van der Waals surface area (Å²) < 4.78 is 0. The van der Waals surface area contributed by atoms with E-state index in [2.05, 4.69) is 4.98 Å². The molecule has 3 nitrogen and oxygen atoms in total. The number of H-pyrrole nitrogens is 1. The quantitative estimate of drug-likeness (QED) is 0.701. The minimum atomic E-state index is -0.760. The molecular weight excluding hydrogens is 178 g/mol. The van der Waals surface area contributed by atoms with Crippen LogP contribution in [0.1, 0.15) is 23.5 Å². The average Bonchev–Trinajstić information content (AvgIpc) is 2.53. The monoisotopic (exact) mass is 185 g/mol. The Labute approximate surface area is 74.4 Å². The lowest BCUT2D eigenvalue weighted by Gasteiger charge is -2.00. The van der Waals surface area contributed by atoms with Gasteiger partial charge in [0, 0.05) is 6.20 Å². The van der Waals surface area contributed by atoms with Crippen LogP contribution in [-0.2, 0) is 11.2 Å². The molecule has 0 bridgehead atoms. The Morgan fingerprint density at radius 3 is 3.17 bits per heavy atom. The van der Waals surface area contributed by atoms with E-state index in [1.54, 1.807) is 6.20 Å². The van der Waals surface area contributed by atoms with Gasteiger partial charge < -0.3 is 10.1 Å². The van der Waals surface area contributed by atoms with E-state index >= 15 is 0 Å². The van der Waals surface area contributed by atoms with Crippen LogP contribution in [0.3, 0.4) is 0 Å². The number of halogens is 1. The van der Waals surface area contributed by atoms with Crippen LogP contribution in [0, 0.1) is 0 Å². The Bertz CT molecular complexity index is 332. The van der Waals surface area contributed by atoms with E-state index in [4.69, 9.17) is 16.7 Å². The molecule has 0 amide bonds. The van der Waals surface area contributed by atoms with Crippen LogP contribution < -0.4 is 0 Å². The van der Waals surface area contributed by atoms with Gasteiger partial charge in [0.1, 0.15) is 5.15 Å². The summed E-state index contributed by atoms with van der Waals surface area (Å²) in [7, 11) is 0. The molecule has 1 aliphatic carbocycles. The third kappa shape index (κ3) is 0.932. The zero-order chi connectivity index (χ0) is 8.72. The normalized spacial score (nSPS) is 20.9. The number of carbonyl (C=O) groups is 1. The SMILES string of the molecule is O=C(O)C1CCc2c1c[nH]c2Cl. The maximum absolute atomic E-state index is 10.7. The average molecular weight is 186 g/mol. The maximum atomic E-state index is 10.7. The molecule has 1 heterocycles. The Hall–Kier alpha value is -0.960. The van der Waals surface area contributed by atoms with Crippen molar-refractivity contribution >= 4 is 17.6 Å². The Morgan fingerprint density at radius 2 is 2.50 bits per heavy atom. The first-order valence-corrected chi connectivity index (χ1v) is 4.16. The largest absolute Gasteiger partial charge is 0.481 e. The first kappa shape index (κ1) is 7.68. The lowest BCUT2D eigenvalue weighted by Crippen LogP contribution is -2.06. The number of aromatic amines is 1. The Kier molecular flexibility index (Phi) is 1.61. The van der Waals surface area contributed by atoms with Crippen molar-refractivity contribution in [1.82, 2.24) is 4.98 Å². The molecule has 2 rings (SSSR count). The standard InChI is InChI=1S/C8H8ClNO2/c9-7-4-1-2-5(8(11)12)6(4)3-10-7/h3,5,10H,1-2H2,(H,11,12). The predicted octanol–water partition coefficient (Wildman–Crippen LogP) is 1.78. The molecule has 1 aromatic rings. The lowest BCUT2D eigenvalue weighted by molar-refractivity contribution is -0.138. The molecule has 0 aromatic carbocycles. The summed E-state index contributed by atoms with van der Waals surface area (Å²) in [4.78, 5) is 13.5. The number of carboxylic acids is 1. The van der Waals surface area contributed by atoms with Gasteiger partial charge in [-0.2, -0.15) is 0 Å². The number of fused-ring (bicyclic) bond motifs is 1. The van der Waals surface area contributed by atoms with Crippen molar-refractivity contribution in [3.8, 4) is 0 Å². The Morgan fingerprint density at radius 1 is 1.75 bits per heavy atom. The molecule has 1 atom stereocenters. The van der Waals surface area contributed by atoms with E-state index in [1.807, 2.05) is 0 Å². The van der Waals surface area contributed by atoms with Gasteiger partial charge >= 0.3 is 5.97 Å². The highest BCUT2D eigenvalue weighted by Crippen LogP contribution is 2.36. The second-order valence-corrected chi connectivity index (χ2v) is 3.34. The van der Waals surface area contributed by atoms with Gasteiger partial charge in [0.05, 0.1) is 5.92 Å². The predicted molar refractivity (Wildman–Crippen MR) is 44.5 cm³/mol. The summed E-state index contributed by atoms with van der Waals surface area (Å²) in [6.45, 7) is 0. The van der Waals surface area contributed by atoms with Crippen molar-refractivity contribution < 1.29 is 9.90 Å². The molecule has 2 N–H and O–H groups in total. The summed E-state index contributed by atoms with van der Waals surface area (Å²) in [6.07, 6.45) is 3.15. The third-order valence-electron chi connectivity index (χ3n) is 2.32. The molecule has 64 valence electrons. The number of aromatic nitrogens is 1. The second-order valence-electron chi connectivity index (χ2n) is 2.97. The molecule has 12 heavy (non-hydrogen) atoms. The summed E-state index contributed by atoms with van der Waals surface area (Å²) in [6, 6.07) is 0. The smallest absolute Gasteiger partial charge is 0.311 e. The molecular formula is C8H8ClNO2. The van der Waals surface area contributed by atoms with E-state index in [1.165, 1.54) is 0 Å². The van der Waals surface area contributed by atoms with Crippen molar-refractivity contribution in [2.24, 2.45) is 0 Å². The maximum Gasteiger partial charge on any atom is 0.311 e. The highest BCUT2D eigenvalue weighted by molar-refractivity contribution is 6.30. The minimum absolute atomic E-state index is 0.358. The molecule has 0 aliphatic heterocycles. The molecule has 0 radical (unpaired) electrons. The molecule has 0 spiro atoms. The minimum Gasteiger partial charge on any atom is -0.481 e. The highest BCUT2D eigenvalue weighted by atomic mass is 35.5. The van der Waals surface area contributed by atoms with Gasteiger partial charge in [-0.15, -0.1) is 0 Å². The van der Waals surface area contributed by atoms with Crippen LogP contribution in [0.2, 0.25) is 5.15 Å². The van der Waals surface area contributed by atoms with Crippen LogP contribution in [-0.4, -0.2) is 16.1 Å². The lowest BCUT2D eigenvalue weighted by atomic mass is 10.1. The van der Waals surface area contributed by atoms with Crippen LogP contribution in [0.5, 0.6) is 0 Å². The van der Waals surface area contributed by atoms with Crippen molar-refractivity contribution in [3.05, 3.63) is 22.5 Å². The zero-order valence-electron chi connectivity index (χ0n) is 6.30. The van der Waals surface area contributed by atoms with E-state index in [0.29, 0.717) is 11.6 Å². The Balaban J connectivity index is 2.43. The number of hydrogen-bond donors (Lipinski definition) is 2. The molecule has 0 fully saturated rings. The number of hydrogen-bond acceptors (Lipinski definition) is 1. The second kappa shape index (κ2) is 2.52. The van der Waals surface area contributed by atoms with Gasteiger partial charge in [0.15, 0.2) is 0 Å². The van der Waals surface area contributed by atoms with Gasteiger partial charge in [-0.25, -0.2) is 0 Å². The fraction of sp³-hybridized carbons (Fsp3) is 0.375. The van der Waals surface area contributed by atoms with E-state index in [-0.39, 0.29) is 5.92 Å². The van der Waals surface area contributed by atoms with Crippen molar-refractivity contribution in [2.75, 3.05) is 0 Å². The van der Waals surface area contributed by atoms with Crippen LogP contribution in [0.4, 0.5) is 0 Å². The topological polar surface area (TPSA) is 53.1 Å². The van der Waals surface area contributed by atoms with E-state index < -0.39 is 5.97 Å². The van der Waals surface area contributed by atoms with Gasteiger partial charge in [0.25, 0.3) is 0 Å². The summed E-state index contributed by atoms with van der Waals surface area (Å²) in [5, 5.41) is 9.40. The molecule has 4 heteroatoms. The van der Waals surface area contributed by atoms with Crippen molar-refractivity contribution in [3.63, 3.8) is 0 Å². The van der Waals surface area contributed by atoms with Crippen LogP contribution in [0.25, 0.3) is 0 Å². The third-order valence-corrected chi connectivity index (χ3v) is 2.66. The number of aliphatic carboxylic acids is 1.